The molecule has 0 unspecified atom stereocenters. The van der Waals surface area contributed by atoms with Gasteiger partial charge in [0, 0.05) is 5.54 Å². The molecule has 108 valence electrons. The molecule has 0 amide bonds. The van der Waals surface area contributed by atoms with E-state index >= 15 is 0 Å². The Labute approximate surface area is 116 Å². The summed E-state index contributed by atoms with van der Waals surface area (Å²) in [6.07, 6.45) is 0. The van der Waals surface area contributed by atoms with Gasteiger partial charge in [0.2, 0.25) is 0 Å². The smallest absolute Gasteiger partial charge is 0.371 e. The van der Waals surface area contributed by atoms with E-state index in [0.717, 1.165) is 5.56 Å². The van der Waals surface area contributed by atoms with E-state index in [4.69, 9.17) is 4.18 Å². The number of benzene rings is 1. The van der Waals surface area contributed by atoms with Crippen LogP contribution in [0.2, 0.25) is 0 Å². The average Bonchev–Trinajstić information content (AvgIpc) is 2.11. The van der Waals surface area contributed by atoms with E-state index in [2.05, 4.69) is 25.5 Å². The summed E-state index contributed by atoms with van der Waals surface area (Å²) in [6.45, 7) is 11.6. The van der Waals surface area contributed by atoms with Crippen molar-refractivity contribution < 1.29 is 12.6 Å². The first-order chi connectivity index (χ1) is 8.39. The highest BCUT2D eigenvalue weighted by Crippen LogP contribution is 2.24. The lowest BCUT2D eigenvalue weighted by molar-refractivity contribution is 0.427. The zero-order valence-corrected chi connectivity index (χ0v) is 13.3. The Morgan fingerprint density at radius 2 is 1.42 bits per heavy atom. The van der Waals surface area contributed by atoms with Crippen LogP contribution in [-0.4, -0.2) is 14.0 Å². The summed E-state index contributed by atoms with van der Waals surface area (Å²) < 4.78 is 31.0. The van der Waals surface area contributed by atoms with Gasteiger partial charge in [-0.2, -0.15) is 13.1 Å². The quantitative estimate of drug-likeness (QED) is 0.929. The van der Waals surface area contributed by atoms with E-state index in [1.165, 1.54) is 0 Å². The zero-order chi connectivity index (χ0) is 14.9. The molecule has 0 atom stereocenters. The van der Waals surface area contributed by atoms with Crippen molar-refractivity contribution in [3.05, 3.63) is 29.8 Å². The second-order valence-corrected chi connectivity index (χ2v) is 7.94. The summed E-state index contributed by atoms with van der Waals surface area (Å²) in [4.78, 5) is 0. The van der Waals surface area contributed by atoms with Crippen LogP contribution in [0.25, 0.3) is 0 Å². The van der Waals surface area contributed by atoms with Gasteiger partial charge in [-0.15, -0.1) is 0 Å². The molecule has 0 bridgehead atoms. The van der Waals surface area contributed by atoms with Crippen LogP contribution in [0.3, 0.4) is 0 Å². The topological polar surface area (TPSA) is 55.4 Å². The van der Waals surface area contributed by atoms with Crippen LogP contribution in [0, 0.1) is 0 Å². The summed E-state index contributed by atoms with van der Waals surface area (Å²) in [6, 6.07) is 7.09. The second kappa shape index (κ2) is 5.13. The van der Waals surface area contributed by atoms with Crippen LogP contribution in [0.15, 0.2) is 24.3 Å². The molecule has 0 fully saturated rings. The standard InChI is InChI=1S/C14H23NO3S/c1-13(2,3)11-7-9-12(10-8-11)18-19(16,17)15-14(4,5)6/h7-10,15H,1-6H3. The Morgan fingerprint density at radius 3 is 1.79 bits per heavy atom. The Morgan fingerprint density at radius 1 is 0.947 bits per heavy atom. The van der Waals surface area contributed by atoms with Crippen molar-refractivity contribution in [1.82, 2.24) is 4.72 Å². The number of hydrogen-bond donors (Lipinski definition) is 1. The lowest BCUT2D eigenvalue weighted by atomic mass is 9.87. The summed E-state index contributed by atoms with van der Waals surface area (Å²) in [5.74, 6) is 0.310. The third-order valence-electron chi connectivity index (χ3n) is 2.36. The SMILES string of the molecule is CC(C)(C)NS(=O)(=O)Oc1ccc(C(C)(C)C)cc1. The van der Waals surface area contributed by atoms with Gasteiger partial charge in [0.05, 0.1) is 0 Å². The fourth-order valence-electron chi connectivity index (χ4n) is 1.53. The molecule has 0 aliphatic heterocycles. The molecule has 0 aromatic heterocycles. The van der Waals surface area contributed by atoms with Crippen LogP contribution in [0.1, 0.15) is 47.1 Å². The normalized spacial score (nSPS) is 13.4. The molecule has 0 aliphatic carbocycles. The minimum Gasteiger partial charge on any atom is -0.371 e. The fraction of sp³-hybridized carbons (Fsp3) is 0.571. The maximum absolute atomic E-state index is 11.8. The molecule has 0 radical (unpaired) electrons. The van der Waals surface area contributed by atoms with Gasteiger partial charge < -0.3 is 4.18 Å². The molecule has 0 spiro atoms. The van der Waals surface area contributed by atoms with Crippen LogP contribution in [0.4, 0.5) is 0 Å². The molecule has 0 heterocycles. The minimum absolute atomic E-state index is 0.0288. The number of hydrogen-bond acceptors (Lipinski definition) is 3. The summed E-state index contributed by atoms with van der Waals surface area (Å²) in [7, 11) is -3.79. The van der Waals surface area contributed by atoms with Crippen molar-refractivity contribution in [2.75, 3.05) is 0 Å². The maximum atomic E-state index is 11.8. The molecule has 4 nitrogen and oxygen atoms in total. The van der Waals surface area contributed by atoms with Gasteiger partial charge in [-0.25, -0.2) is 0 Å². The summed E-state index contributed by atoms with van der Waals surface area (Å²) in [5.41, 5.74) is 0.589. The Kier molecular flexibility index (Phi) is 4.32. The first-order valence-corrected chi connectivity index (χ1v) is 7.64. The molecule has 1 rings (SSSR count). The van der Waals surface area contributed by atoms with E-state index in [1.54, 1.807) is 32.9 Å². The Bertz CT molecular complexity index is 519. The van der Waals surface area contributed by atoms with E-state index in [1.807, 2.05) is 12.1 Å². The second-order valence-electron chi connectivity index (χ2n) is 6.66. The molecule has 19 heavy (non-hydrogen) atoms. The summed E-state index contributed by atoms with van der Waals surface area (Å²) in [5, 5.41) is 0. The van der Waals surface area contributed by atoms with Crippen molar-refractivity contribution in [1.29, 1.82) is 0 Å². The lowest BCUT2D eigenvalue weighted by Crippen LogP contribution is -2.42. The highest BCUT2D eigenvalue weighted by molar-refractivity contribution is 7.85. The lowest BCUT2D eigenvalue weighted by Gasteiger charge is -2.21. The molecule has 0 saturated carbocycles. The van der Waals surface area contributed by atoms with Gasteiger partial charge in [0.25, 0.3) is 0 Å². The van der Waals surface area contributed by atoms with Gasteiger partial charge in [0.1, 0.15) is 5.75 Å². The van der Waals surface area contributed by atoms with Gasteiger partial charge in [-0.3, -0.25) is 0 Å². The molecular weight excluding hydrogens is 262 g/mol. The van der Waals surface area contributed by atoms with Crippen LogP contribution < -0.4 is 8.91 Å². The minimum atomic E-state index is -3.79. The number of rotatable bonds is 3. The van der Waals surface area contributed by atoms with Crippen LogP contribution in [0.5, 0.6) is 5.75 Å². The third kappa shape index (κ3) is 5.61. The van der Waals surface area contributed by atoms with Crippen molar-refractivity contribution in [3.63, 3.8) is 0 Å². The van der Waals surface area contributed by atoms with Crippen molar-refractivity contribution in [2.45, 2.75) is 52.5 Å². The number of nitrogens with one attached hydrogen (secondary N) is 1. The molecule has 0 aliphatic rings. The Hall–Kier alpha value is -1.07. The van der Waals surface area contributed by atoms with Gasteiger partial charge in [-0.05, 0) is 43.9 Å². The highest BCUT2D eigenvalue weighted by Gasteiger charge is 2.22. The molecule has 1 N–H and O–H groups in total. The Balaban J connectivity index is 2.84. The van der Waals surface area contributed by atoms with Crippen LogP contribution >= 0.6 is 0 Å². The van der Waals surface area contributed by atoms with Gasteiger partial charge in [-0.1, -0.05) is 32.9 Å². The maximum Gasteiger partial charge on any atom is 0.383 e. The fourth-order valence-corrected chi connectivity index (χ4v) is 2.69. The van der Waals surface area contributed by atoms with Gasteiger partial charge in [0.15, 0.2) is 0 Å². The first kappa shape index (κ1) is 16.0. The van der Waals surface area contributed by atoms with E-state index in [9.17, 15) is 8.42 Å². The van der Waals surface area contributed by atoms with E-state index in [0.29, 0.717) is 5.75 Å². The molecule has 0 saturated heterocycles. The molecule has 1 aromatic carbocycles. The summed E-state index contributed by atoms with van der Waals surface area (Å²) >= 11 is 0. The van der Waals surface area contributed by atoms with E-state index < -0.39 is 15.8 Å². The van der Waals surface area contributed by atoms with Crippen molar-refractivity contribution in [3.8, 4) is 5.75 Å². The molecular formula is C14H23NO3S. The predicted octanol–water partition coefficient (Wildman–Crippen LogP) is 3.00. The molecule has 5 heteroatoms. The predicted molar refractivity (Wildman–Crippen MR) is 77.6 cm³/mol. The zero-order valence-electron chi connectivity index (χ0n) is 12.4. The third-order valence-corrected chi connectivity index (χ3v) is 3.63. The average molecular weight is 285 g/mol. The largest absolute Gasteiger partial charge is 0.383 e. The first-order valence-electron chi connectivity index (χ1n) is 6.23. The molecule has 1 aromatic rings. The highest BCUT2D eigenvalue weighted by atomic mass is 32.2. The van der Waals surface area contributed by atoms with Gasteiger partial charge >= 0.3 is 10.3 Å². The van der Waals surface area contributed by atoms with Crippen LogP contribution in [-0.2, 0) is 15.7 Å². The van der Waals surface area contributed by atoms with Crippen molar-refractivity contribution in [2.24, 2.45) is 0 Å². The van der Waals surface area contributed by atoms with Crippen molar-refractivity contribution >= 4 is 10.3 Å². The monoisotopic (exact) mass is 285 g/mol. The van der Waals surface area contributed by atoms with E-state index in [-0.39, 0.29) is 5.41 Å².